The Morgan fingerprint density at radius 3 is 2.64 bits per heavy atom. The zero-order chi connectivity index (χ0) is 16.1. The topological polar surface area (TPSA) is 68.3 Å². The van der Waals surface area contributed by atoms with Gasteiger partial charge in [0.1, 0.15) is 5.82 Å². The summed E-state index contributed by atoms with van der Waals surface area (Å²) >= 11 is 5.70. The van der Waals surface area contributed by atoms with Crippen LogP contribution in [-0.4, -0.2) is 23.5 Å². The van der Waals surface area contributed by atoms with E-state index in [4.69, 9.17) is 16.3 Å². The van der Waals surface area contributed by atoms with Gasteiger partial charge in [0, 0.05) is 6.20 Å². The van der Waals surface area contributed by atoms with Crippen LogP contribution in [0.4, 0.5) is 5.82 Å². The van der Waals surface area contributed by atoms with Crippen molar-refractivity contribution in [3.63, 3.8) is 0 Å². The average molecular weight is 319 g/mol. The highest BCUT2D eigenvalue weighted by molar-refractivity contribution is 6.30. The maximum Gasteiger partial charge on any atom is 0.338 e. The number of carbonyl (C=O) groups is 2. The predicted octanol–water partition coefficient (Wildman–Crippen LogP) is 3.15. The molecule has 0 atom stereocenters. The summed E-state index contributed by atoms with van der Waals surface area (Å²) < 4.78 is 5.00. The van der Waals surface area contributed by atoms with Crippen LogP contribution >= 0.6 is 11.6 Å². The second-order valence-electron chi connectivity index (χ2n) is 4.80. The second-order valence-corrected chi connectivity index (χ2v) is 5.24. The molecule has 0 aliphatic rings. The maximum atomic E-state index is 11.9. The Hall–Kier alpha value is -2.40. The van der Waals surface area contributed by atoms with Crippen molar-refractivity contribution in [2.75, 3.05) is 11.9 Å². The number of hydrogen-bond acceptors (Lipinski definition) is 4. The molecule has 22 heavy (non-hydrogen) atoms. The van der Waals surface area contributed by atoms with Crippen molar-refractivity contribution >= 4 is 29.3 Å². The third kappa shape index (κ3) is 4.30. The number of nitrogens with zero attached hydrogens (tertiary/aromatic N) is 1. The summed E-state index contributed by atoms with van der Waals surface area (Å²) in [6, 6.07) is 8.55. The van der Waals surface area contributed by atoms with Crippen LogP contribution in [-0.2, 0) is 9.53 Å². The summed E-state index contributed by atoms with van der Waals surface area (Å²) in [6.07, 6.45) is 1.42. The largest absolute Gasteiger partial charge is 0.452 e. The Balaban J connectivity index is 1.90. The summed E-state index contributed by atoms with van der Waals surface area (Å²) in [5.41, 5.74) is 2.31. The number of nitrogens with one attached hydrogen (secondary N) is 1. The van der Waals surface area contributed by atoms with Crippen LogP contribution in [0.1, 0.15) is 21.5 Å². The zero-order valence-electron chi connectivity index (χ0n) is 12.2. The first-order valence-electron chi connectivity index (χ1n) is 6.61. The number of rotatable bonds is 4. The van der Waals surface area contributed by atoms with Crippen molar-refractivity contribution in [2.45, 2.75) is 13.8 Å². The van der Waals surface area contributed by atoms with E-state index in [1.165, 1.54) is 6.20 Å². The predicted molar refractivity (Wildman–Crippen MR) is 84.1 cm³/mol. The highest BCUT2D eigenvalue weighted by Crippen LogP contribution is 2.12. The number of anilines is 1. The van der Waals surface area contributed by atoms with E-state index in [9.17, 15) is 9.59 Å². The Bertz CT molecular complexity index is 699. The Kier molecular flexibility index (Phi) is 5.12. The molecule has 1 aromatic carbocycles. The van der Waals surface area contributed by atoms with Gasteiger partial charge in [-0.1, -0.05) is 29.3 Å². The number of aryl methyl sites for hydroxylation is 2. The molecule has 1 N–H and O–H groups in total. The summed E-state index contributed by atoms with van der Waals surface area (Å²) in [5, 5.41) is 2.99. The minimum Gasteiger partial charge on any atom is -0.452 e. The second kappa shape index (κ2) is 7.04. The molecule has 5 nitrogen and oxygen atoms in total. The molecule has 2 aromatic rings. The lowest BCUT2D eigenvalue weighted by atomic mass is 10.1. The van der Waals surface area contributed by atoms with Crippen molar-refractivity contribution in [1.29, 1.82) is 0 Å². The lowest BCUT2D eigenvalue weighted by Gasteiger charge is -2.08. The first-order chi connectivity index (χ1) is 10.5. The standard InChI is InChI=1S/C16H15ClN2O3/c1-10-3-5-13(11(2)7-10)16(21)22-9-15(20)19-14-6-4-12(17)8-18-14/h3-8H,9H2,1-2H3,(H,18,19,20). The first-order valence-corrected chi connectivity index (χ1v) is 6.99. The van der Waals surface area contributed by atoms with Gasteiger partial charge >= 0.3 is 5.97 Å². The number of benzene rings is 1. The van der Waals surface area contributed by atoms with Gasteiger partial charge in [0.05, 0.1) is 10.6 Å². The van der Waals surface area contributed by atoms with Crippen LogP contribution in [0.5, 0.6) is 0 Å². The van der Waals surface area contributed by atoms with Crippen molar-refractivity contribution in [3.8, 4) is 0 Å². The zero-order valence-corrected chi connectivity index (χ0v) is 13.0. The van der Waals surface area contributed by atoms with E-state index in [-0.39, 0.29) is 6.61 Å². The van der Waals surface area contributed by atoms with E-state index in [1.807, 2.05) is 26.0 Å². The Labute approximate surface area is 133 Å². The van der Waals surface area contributed by atoms with Crippen molar-refractivity contribution in [3.05, 3.63) is 58.2 Å². The van der Waals surface area contributed by atoms with Gasteiger partial charge in [-0.25, -0.2) is 9.78 Å². The van der Waals surface area contributed by atoms with Crippen LogP contribution in [0.2, 0.25) is 5.02 Å². The summed E-state index contributed by atoms with van der Waals surface area (Å²) in [5.74, 6) is -0.651. The molecule has 0 aliphatic carbocycles. The summed E-state index contributed by atoms with van der Waals surface area (Å²) in [4.78, 5) is 27.6. The van der Waals surface area contributed by atoms with Gasteiger partial charge < -0.3 is 10.1 Å². The molecule has 0 aliphatic heterocycles. The number of halogens is 1. The molecule has 0 saturated carbocycles. The normalized spacial score (nSPS) is 10.1. The Morgan fingerprint density at radius 1 is 1.23 bits per heavy atom. The minimum absolute atomic E-state index is 0.344. The Morgan fingerprint density at radius 2 is 2.00 bits per heavy atom. The van der Waals surface area contributed by atoms with Crippen LogP contribution in [0.15, 0.2) is 36.5 Å². The van der Waals surface area contributed by atoms with Crippen molar-refractivity contribution in [1.82, 2.24) is 4.98 Å². The van der Waals surface area contributed by atoms with Gasteiger partial charge in [0.25, 0.3) is 5.91 Å². The lowest BCUT2D eigenvalue weighted by molar-refractivity contribution is -0.119. The van der Waals surface area contributed by atoms with Gasteiger partial charge in [0.15, 0.2) is 6.61 Å². The third-order valence-corrected chi connectivity index (χ3v) is 3.15. The van der Waals surface area contributed by atoms with E-state index in [0.717, 1.165) is 11.1 Å². The monoisotopic (exact) mass is 318 g/mol. The minimum atomic E-state index is -0.531. The van der Waals surface area contributed by atoms with Crippen LogP contribution in [0, 0.1) is 13.8 Å². The molecule has 114 valence electrons. The number of aromatic nitrogens is 1. The average Bonchev–Trinajstić information content (AvgIpc) is 2.47. The van der Waals surface area contributed by atoms with Gasteiger partial charge in [-0.05, 0) is 37.6 Å². The van der Waals surface area contributed by atoms with Gasteiger partial charge in [-0.2, -0.15) is 0 Å². The maximum absolute atomic E-state index is 11.9. The smallest absolute Gasteiger partial charge is 0.338 e. The molecule has 1 amide bonds. The van der Waals surface area contributed by atoms with Crippen LogP contribution < -0.4 is 5.32 Å². The summed E-state index contributed by atoms with van der Waals surface area (Å²) in [7, 11) is 0. The van der Waals surface area contributed by atoms with Crippen LogP contribution in [0.25, 0.3) is 0 Å². The number of carbonyl (C=O) groups excluding carboxylic acids is 2. The van der Waals surface area contributed by atoms with E-state index in [1.54, 1.807) is 18.2 Å². The number of amides is 1. The quantitative estimate of drug-likeness (QED) is 0.879. The van der Waals surface area contributed by atoms with Crippen molar-refractivity contribution < 1.29 is 14.3 Å². The lowest BCUT2D eigenvalue weighted by Crippen LogP contribution is -2.21. The van der Waals surface area contributed by atoms with Gasteiger partial charge in [-0.15, -0.1) is 0 Å². The van der Waals surface area contributed by atoms with E-state index >= 15 is 0 Å². The number of esters is 1. The molecule has 1 heterocycles. The molecule has 0 unspecified atom stereocenters. The molecule has 6 heteroatoms. The van der Waals surface area contributed by atoms with Crippen LogP contribution in [0.3, 0.4) is 0 Å². The number of pyridine rings is 1. The molecular weight excluding hydrogens is 304 g/mol. The highest BCUT2D eigenvalue weighted by Gasteiger charge is 2.13. The number of hydrogen-bond donors (Lipinski definition) is 1. The molecule has 0 spiro atoms. The van der Waals surface area contributed by atoms with E-state index in [0.29, 0.717) is 16.4 Å². The van der Waals surface area contributed by atoms with E-state index < -0.39 is 11.9 Å². The fraction of sp³-hybridized carbons (Fsp3) is 0.188. The molecule has 2 rings (SSSR count). The highest BCUT2D eigenvalue weighted by atomic mass is 35.5. The molecule has 1 aromatic heterocycles. The fourth-order valence-electron chi connectivity index (χ4n) is 1.88. The molecule has 0 radical (unpaired) electrons. The van der Waals surface area contributed by atoms with Gasteiger partial charge in [0.2, 0.25) is 0 Å². The van der Waals surface area contributed by atoms with Crippen molar-refractivity contribution in [2.24, 2.45) is 0 Å². The summed E-state index contributed by atoms with van der Waals surface area (Å²) in [6.45, 7) is 3.38. The molecule has 0 fully saturated rings. The first kappa shape index (κ1) is 16.0. The molecule has 0 saturated heterocycles. The number of ether oxygens (including phenoxy) is 1. The third-order valence-electron chi connectivity index (χ3n) is 2.93. The molecule has 0 bridgehead atoms. The fourth-order valence-corrected chi connectivity index (χ4v) is 1.99. The van der Waals surface area contributed by atoms with E-state index in [2.05, 4.69) is 10.3 Å². The van der Waals surface area contributed by atoms with Gasteiger partial charge in [-0.3, -0.25) is 4.79 Å². The SMILES string of the molecule is Cc1ccc(C(=O)OCC(=O)Nc2ccc(Cl)cn2)c(C)c1. The molecular formula is C16H15ClN2O3.